The minimum absolute atomic E-state index is 0.221. The van der Waals surface area contributed by atoms with Crippen molar-refractivity contribution in [2.75, 3.05) is 19.6 Å². The van der Waals surface area contributed by atoms with Gasteiger partial charge in [-0.2, -0.15) is 5.10 Å². The van der Waals surface area contributed by atoms with E-state index in [4.69, 9.17) is 13.9 Å². The summed E-state index contributed by atoms with van der Waals surface area (Å²) in [7, 11) is 2.03. The number of aromatic nitrogens is 2. The Hall–Kier alpha value is -3.16. The lowest BCUT2D eigenvalue weighted by molar-refractivity contribution is 0.00571. The van der Waals surface area contributed by atoms with Crippen LogP contribution in [0.4, 0.5) is 4.39 Å². The van der Waals surface area contributed by atoms with E-state index in [-0.39, 0.29) is 5.82 Å². The van der Waals surface area contributed by atoms with Gasteiger partial charge in [-0.3, -0.25) is 14.5 Å². The van der Waals surface area contributed by atoms with E-state index in [2.05, 4.69) is 15.9 Å². The molecule has 0 spiro atoms. The van der Waals surface area contributed by atoms with Crippen molar-refractivity contribution in [1.29, 1.82) is 0 Å². The topological polar surface area (TPSA) is 50.6 Å². The molecule has 0 aliphatic carbocycles. The number of hydrogen-bond donors (Lipinski definition) is 0. The molecule has 35 heavy (non-hydrogen) atoms. The fourth-order valence-electron chi connectivity index (χ4n) is 5.98. The average Bonchev–Trinajstić information content (AvgIpc) is 3.63. The van der Waals surface area contributed by atoms with E-state index < -0.39 is 0 Å². The van der Waals surface area contributed by atoms with E-state index in [1.807, 2.05) is 36.0 Å². The monoisotopic (exact) mass is 474 g/mol. The molecule has 3 aromatic heterocycles. The van der Waals surface area contributed by atoms with Crippen molar-refractivity contribution >= 4 is 0 Å². The molecule has 4 atom stereocenters. The molecule has 7 rings (SSSR count). The molecule has 2 bridgehead atoms. The second-order valence-corrected chi connectivity index (χ2v) is 9.95. The summed E-state index contributed by atoms with van der Waals surface area (Å²) < 4.78 is 26.7. The van der Waals surface area contributed by atoms with Gasteiger partial charge in [-0.15, -0.1) is 0 Å². The molecule has 3 fully saturated rings. The van der Waals surface area contributed by atoms with Crippen LogP contribution >= 0.6 is 0 Å². The summed E-state index contributed by atoms with van der Waals surface area (Å²) >= 11 is 0. The predicted molar refractivity (Wildman–Crippen MR) is 131 cm³/mol. The quantitative estimate of drug-likeness (QED) is 0.347. The van der Waals surface area contributed by atoms with Crippen LogP contribution in [0.25, 0.3) is 11.3 Å². The highest BCUT2D eigenvalue weighted by molar-refractivity contribution is 5.59. The summed E-state index contributed by atoms with van der Waals surface area (Å²) in [5.41, 5.74) is 3.15. The molecule has 0 amide bonds. The van der Waals surface area contributed by atoms with Gasteiger partial charge < -0.3 is 8.83 Å². The lowest BCUT2D eigenvalue weighted by atomic mass is 9.74. The van der Waals surface area contributed by atoms with Crippen LogP contribution in [0.1, 0.15) is 36.0 Å². The Labute approximate surface area is 204 Å². The van der Waals surface area contributed by atoms with E-state index in [1.165, 1.54) is 30.7 Å². The second-order valence-electron chi connectivity index (χ2n) is 9.95. The second kappa shape index (κ2) is 9.47. The molecule has 1 aromatic carbocycles. The van der Waals surface area contributed by atoms with E-state index >= 15 is 0 Å². The zero-order valence-corrected chi connectivity index (χ0v) is 20.0. The first-order chi connectivity index (χ1) is 17.1. The maximum atomic E-state index is 13.4. The zero-order valence-electron chi connectivity index (χ0n) is 20.0. The first-order valence-corrected chi connectivity index (χ1v) is 12.4. The Morgan fingerprint density at radius 3 is 2.34 bits per heavy atom. The highest BCUT2D eigenvalue weighted by Crippen LogP contribution is 2.42. The third kappa shape index (κ3) is 4.70. The molecular weight excluding hydrogens is 443 g/mol. The van der Waals surface area contributed by atoms with Crippen LogP contribution in [0.2, 0.25) is 0 Å². The molecule has 1 unspecified atom stereocenters. The molecule has 182 valence electrons. The number of aryl methyl sites for hydroxylation is 1. The largest absolute Gasteiger partial charge is 0.468 e. The van der Waals surface area contributed by atoms with Gasteiger partial charge in [0, 0.05) is 43.4 Å². The van der Waals surface area contributed by atoms with E-state index in [1.54, 1.807) is 24.7 Å². The lowest BCUT2D eigenvalue weighted by Crippen LogP contribution is -2.56. The summed E-state index contributed by atoms with van der Waals surface area (Å²) in [5.74, 6) is 2.84. The molecule has 4 aromatic rings. The first kappa shape index (κ1) is 22.3. The van der Waals surface area contributed by atoms with Gasteiger partial charge in [0.2, 0.25) is 0 Å². The number of fused-ring (bicyclic) bond motifs is 3. The lowest BCUT2D eigenvalue weighted by Gasteiger charge is -2.50. The van der Waals surface area contributed by atoms with Crippen LogP contribution in [0.5, 0.6) is 0 Å². The van der Waals surface area contributed by atoms with Gasteiger partial charge >= 0.3 is 0 Å². The smallest absolute Gasteiger partial charge is 0.123 e. The third-order valence-corrected chi connectivity index (χ3v) is 7.70. The first-order valence-electron chi connectivity index (χ1n) is 12.4. The average molecular weight is 475 g/mol. The van der Waals surface area contributed by atoms with Crippen molar-refractivity contribution in [1.82, 2.24) is 19.6 Å². The minimum Gasteiger partial charge on any atom is -0.468 e. The van der Waals surface area contributed by atoms with E-state index in [0.29, 0.717) is 17.9 Å². The number of furan rings is 2. The molecule has 0 saturated carbocycles. The normalized spacial score (nSPS) is 23.9. The van der Waals surface area contributed by atoms with E-state index in [9.17, 15) is 4.39 Å². The van der Waals surface area contributed by atoms with Crippen LogP contribution in [-0.2, 0) is 20.1 Å². The summed E-state index contributed by atoms with van der Waals surface area (Å²) in [6.07, 6.45) is 5.87. The van der Waals surface area contributed by atoms with Crippen molar-refractivity contribution in [3.8, 4) is 11.3 Å². The van der Waals surface area contributed by atoms with E-state index in [0.717, 1.165) is 55.5 Å². The molecule has 3 aliphatic heterocycles. The Kier molecular flexibility index (Phi) is 6.04. The molecule has 7 heteroatoms. The highest BCUT2D eigenvalue weighted by atomic mass is 19.1. The standard InChI is InChI=1S/C28H31FN4O2/c1-31-28(15-27(30-31)20-6-8-22(29)9-7-20)26-19-33-11-10-21(26)14-23(33)16-32(17-24-4-2-12-34-24)18-25-5-3-13-35-25/h2-9,12-13,15,21,23,26H,10-11,14,16-19H2,1H3/t21-,23+,26+/m0/s1. The van der Waals surface area contributed by atoms with Gasteiger partial charge in [0.15, 0.2) is 0 Å². The Morgan fingerprint density at radius 2 is 1.74 bits per heavy atom. The van der Waals surface area contributed by atoms with Gasteiger partial charge in [-0.1, -0.05) is 0 Å². The number of halogens is 1. The summed E-state index contributed by atoms with van der Waals surface area (Å²) in [5, 5.41) is 4.77. The third-order valence-electron chi connectivity index (χ3n) is 7.70. The number of hydrogen-bond acceptors (Lipinski definition) is 5. The van der Waals surface area contributed by atoms with Crippen LogP contribution in [0, 0.1) is 11.7 Å². The Bertz CT molecular complexity index is 1200. The number of piperidine rings is 3. The molecule has 3 aliphatic rings. The SMILES string of the molecule is Cn1nc(-c2ccc(F)cc2)cc1[C@@H]1CN2CC[C@H]1C[C@@H]2CN(Cc1ccco1)Cc1ccco1. The van der Waals surface area contributed by atoms with Crippen LogP contribution < -0.4 is 0 Å². The van der Waals surface area contributed by atoms with Crippen LogP contribution in [0.15, 0.2) is 76.0 Å². The number of benzene rings is 1. The molecule has 6 nitrogen and oxygen atoms in total. The van der Waals surface area contributed by atoms with Crippen molar-refractivity contribution in [3.63, 3.8) is 0 Å². The van der Waals surface area contributed by atoms with Crippen molar-refractivity contribution < 1.29 is 13.2 Å². The molecule has 0 radical (unpaired) electrons. The number of rotatable bonds is 8. The van der Waals surface area contributed by atoms with Crippen molar-refractivity contribution in [3.05, 3.63) is 90.2 Å². The van der Waals surface area contributed by atoms with Gasteiger partial charge in [0.05, 0.1) is 31.3 Å². The molecule has 0 N–H and O–H groups in total. The van der Waals surface area contributed by atoms with Crippen molar-refractivity contribution in [2.45, 2.75) is 37.9 Å². The van der Waals surface area contributed by atoms with Crippen molar-refractivity contribution in [2.24, 2.45) is 13.0 Å². The maximum absolute atomic E-state index is 13.4. The predicted octanol–water partition coefficient (Wildman–Crippen LogP) is 5.29. The van der Waals surface area contributed by atoms with Gasteiger partial charge in [-0.25, -0.2) is 4.39 Å². The molecule has 6 heterocycles. The molecule has 3 saturated heterocycles. The summed E-state index contributed by atoms with van der Waals surface area (Å²) in [6, 6.07) is 17.3. The minimum atomic E-state index is -0.221. The van der Waals surface area contributed by atoms with Gasteiger partial charge in [0.1, 0.15) is 17.3 Å². The van der Waals surface area contributed by atoms with Crippen LogP contribution in [0.3, 0.4) is 0 Å². The summed E-state index contributed by atoms with van der Waals surface area (Å²) in [6.45, 7) is 4.72. The molecular formula is C28H31FN4O2. The Balaban J connectivity index is 1.17. The fourth-order valence-corrected chi connectivity index (χ4v) is 5.98. The zero-order chi connectivity index (χ0) is 23.8. The summed E-state index contributed by atoms with van der Waals surface area (Å²) in [4.78, 5) is 5.10. The van der Waals surface area contributed by atoms with Crippen LogP contribution in [-0.4, -0.2) is 45.3 Å². The number of nitrogens with zero attached hydrogens (tertiary/aromatic N) is 4. The fraction of sp³-hybridized carbons (Fsp3) is 0.393. The van der Waals surface area contributed by atoms with Gasteiger partial charge in [0.25, 0.3) is 0 Å². The Morgan fingerprint density at radius 1 is 1.03 bits per heavy atom. The maximum Gasteiger partial charge on any atom is 0.123 e. The highest BCUT2D eigenvalue weighted by Gasteiger charge is 2.42. The van der Waals surface area contributed by atoms with Gasteiger partial charge in [-0.05, 0) is 79.9 Å².